The van der Waals surface area contributed by atoms with Crippen LogP contribution in [-0.2, 0) is 27.8 Å². The van der Waals surface area contributed by atoms with E-state index in [1.54, 1.807) is 15.6 Å². The lowest BCUT2D eigenvalue weighted by molar-refractivity contribution is -0.130. The lowest BCUT2D eigenvalue weighted by Crippen LogP contribution is -2.43. The van der Waals surface area contributed by atoms with Gasteiger partial charge in [0.1, 0.15) is 5.82 Å². The third kappa shape index (κ3) is 3.48. The van der Waals surface area contributed by atoms with E-state index in [0.29, 0.717) is 19.5 Å². The van der Waals surface area contributed by atoms with E-state index in [9.17, 15) is 17.6 Å². The lowest BCUT2D eigenvalue weighted by Gasteiger charge is -2.28. The van der Waals surface area contributed by atoms with Crippen molar-refractivity contribution in [2.45, 2.75) is 24.8 Å². The highest BCUT2D eigenvalue weighted by molar-refractivity contribution is 7.89. The number of nitrogens with zero attached hydrogens (tertiary/aromatic N) is 4. The number of fused-ring (bicyclic) bond motifs is 3. The molecule has 3 heterocycles. The molecule has 4 rings (SSSR count). The zero-order valence-corrected chi connectivity index (χ0v) is 15.9. The van der Waals surface area contributed by atoms with Crippen LogP contribution in [0, 0.1) is 12.7 Å². The van der Waals surface area contributed by atoms with E-state index in [1.165, 1.54) is 12.1 Å². The molecule has 0 saturated heterocycles. The van der Waals surface area contributed by atoms with Gasteiger partial charge in [0, 0.05) is 37.3 Å². The zero-order valence-electron chi connectivity index (χ0n) is 15.1. The zero-order chi connectivity index (χ0) is 19.9. The third-order valence-corrected chi connectivity index (χ3v) is 6.04. The summed E-state index contributed by atoms with van der Waals surface area (Å²) in [5.41, 5.74) is 3.51. The molecule has 1 aromatic carbocycles. The average molecular weight is 403 g/mol. The average Bonchev–Trinajstić information content (AvgIpc) is 3.06. The van der Waals surface area contributed by atoms with E-state index in [0.717, 1.165) is 34.7 Å². The molecule has 0 spiro atoms. The van der Waals surface area contributed by atoms with Crippen LogP contribution in [-0.4, -0.2) is 46.9 Å². The van der Waals surface area contributed by atoms with Gasteiger partial charge in [0.2, 0.25) is 15.9 Å². The van der Waals surface area contributed by atoms with Crippen molar-refractivity contribution < 1.29 is 17.6 Å². The first-order chi connectivity index (χ1) is 13.3. The summed E-state index contributed by atoms with van der Waals surface area (Å²) in [6.45, 7) is 2.28. The molecule has 1 amide bonds. The first-order valence-corrected chi connectivity index (χ1v) is 10.2. The minimum Gasteiger partial charge on any atom is -0.337 e. The normalized spacial score (nSPS) is 14.3. The van der Waals surface area contributed by atoms with Crippen molar-refractivity contribution in [2.75, 3.05) is 13.1 Å². The molecule has 28 heavy (non-hydrogen) atoms. The van der Waals surface area contributed by atoms with E-state index < -0.39 is 22.4 Å². The Hall–Kier alpha value is -2.85. The number of benzene rings is 1. The van der Waals surface area contributed by atoms with Gasteiger partial charge in [-0.3, -0.25) is 4.79 Å². The molecule has 1 aliphatic heterocycles. The Bertz CT molecular complexity index is 1180. The van der Waals surface area contributed by atoms with Gasteiger partial charge in [0.15, 0.2) is 5.65 Å². The quantitative estimate of drug-likeness (QED) is 0.702. The Kier molecular flexibility index (Phi) is 4.60. The summed E-state index contributed by atoms with van der Waals surface area (Å²) >= 11 is 0. The number of aromatic nitrogens is 3. The summed E-state index contributed by atoms with van der Waals surface area (Å²) in [6.07, 6.45) is 2.32. The predicted octanol–water partition coefficient (Wildman–Crippen LogP) is 1.04. The van der Waals surface area contributed by atoms with Crippen molar-refractivity contribution >= 4 is 21.6 Å². The van der Waals surface area contributed by atoms with Crippen molar-refractivity contribution in [1.82, 2.24) is 24.2 Å². The van der Waals surface area contributed by atoms with Gasteiger partial charge in [-0.25, -0.2) is 27.0 Å². The number of hydrogen-bond acceptors (Lipinski definition) is 5. The van der Waals surface area contributed by atoms with Crippen LogP contribution < -0.4 is 4.72 Å². The van der Waals surface area contributed by atoms with Crippen LogP contribution >= 0.6 is 0 Å². The topological polar surface area (TPSA) is 96.7 Å². The van der Waals surface area contributed by atoms with E-state index in [1.807, 2.05) is 13.0 Å². The predicted molar refractivity (Wildman–Crippen MR) is 98.4 cm³/mol. The molecule has 0 fully saturated rings. The number of amides is 1. The molecule has 0 radical (unpaired) electrons. The summed E-state index contributed by atoms with van der Waals surface area (Å²) in [6, 6.07) is 6.53. The standard InChI is InChI=1S/C18H18FN5O3S/c1-12-7-17-20-9-13-11-23(6-5-16(13)24(17)22-12)18(25)10-21-28(26,27)15-4-2-3-14(19)8-15/h2-4,7-9,21H,5-6,10-11H2,1H3. The fraction of sp³-hybridized carbons (Fsp3) is 0.278. The Morgan fingerprint density at radius 2 is 2.14 bits per heavy atom. The maximum absolute atomic E-state index is 13.3. The number of hydrogen-bond donors (Lipinski definition) is 1. The van der Waals surface area contributed by atoms with Crippen LogP contribution in [0.25, 0.3) is 5.65 Å². The van der Waals surface area contributed by atoms with Crippen LogP contribution in [0.3, 0.4) is 0 Å². The lowest BCUT2D eigenvalue weighted by atomic mass is 10.1. The molecule has 0 bridgehead atoms. The first-order valence-electron chi connectivity index (χ1n) is 8.69. The maximum Gasteiger partial charge on any atom is 0.241 e. The monoisotopic (exact) mass is 403 g/mol. The summed E-state index contributed by atoms with van der Waals surface area (Å²) in [4.78, 5) is 18.2. The molecule has 1 aliphatic rings. The molecule has 0 aliphatic carbocycles. The van der Waals surface area contributed by atoms with Gasteiger partial charge in [-0.2, -0.15) is 5.10 Å². The van der Waals surface area contributed by atoms with Crippen LogP contribution in [0.2, 0.25) is 0 Å². The Morgan fingerprint density at radius 3 is 2.93 bits per heavy atom. The van der Waals surface area contributed by atoms with E-state index in [4.69, 9.17) is 0 Å². The molecule has 0 unspecified atom stereocenters. The van der Waals surface area contributed by atoms with Crippen LogP contribution in [0.1, 0.15) is 17.0 Å². The molecule has 0 atom stereocenters. The Morgan fingerprint density at radius 1 is 1.32 bits per heavy atom. The van der Waals surface area contributed by atoms with E-state index in [2.05, 4.69) is 14.8 Å². The molecule has 146 valence electrons. The number of rotatable bonds is 4. The third-order valence-electron chi connectivity index (χ3n) is 4.64. The molecular formula is C18H18FN5O3S. The summed E-state index contributed by atoms with van der Waals surface area (Å²) in [5.74, 6) is -1.02. The van der Waals surface area contributed by atoms with Gasteiger partial charge in [-0.15, -0.1) is 0 Å². The van der Waals surface area contributed by atoms with Crippen molar-refractivity contribution in [3.05, 3.63) is 59.3 Å². The highest BCUT2D eigenvalue weighted by Gasteiger charge is 2.25. The molecule has 0 saturated carbocycles. The van der Waals surface area contributed by atoms with Crippen molar-refractivity contribution in [2.24, 2.45) is 0 Å². The number of carbonyl (C=O) groups is 1. The number of aryl methyl sites for hydroxylation is 1. The van der Waals surface area contributed by atoms with Crippen molar-refractivity contribution in [3.63, 3.8) is 0 Å². The summed E-state index contributed by atoms with van der Waals surface area (Å²) in [7, 11) is -3.97. The highest BCUT2D eigenvalue weighted by atomic mass is 32.2. The second kappa shape index (κ2) is 6.95. The molecule has 3 aromatic rings. The number of nitrogens with one attached hydrogen (secondary N) is 1. The highest BCUT2D eigenvalue weighted by Crippen LogP contribution is 2.20. The SMILES string of the molecule is Cc1cc2ncc3c(n2n1)CCN(C(=O)CNS(=O)(=O)c1cccc(F)c1)C3. The second-order valence-corrected chi connectivity index (χ2v) is 8.40. The molecule has 2 aromatic heterocycles. The second-order valence-electron chi connectivity index (χ2n) is 6.63. The van der Waals surface area contributed by atoms with Gasteiger partial charge in [0.25, 0.3) is 0 Å². The largest absolute Gasteiger partial charge is 0.337 e. The minimum atomic E-state index is -3.97. The number of sulfonamides is 1. The van der Waals surface area contributed by atoms with Crippen molar-refractivity contribution in [1.29, 1.82) is 0 Å². The number of halogens is 1. The molecule has 8 nitrogen and oxygen atoms in total. The Labute approximate surface area is 161 Å². The van der Waals surface area contributed by atoms with Crippen LogP contribution in [0.4, 0.5) is 4.39 Å². The van der Waals surface area contributed by atoms with Crippen molar-refractivity contribution in [3.8, 4) is 0 Å². The smallest absolute Gasteiger partial charge is 0.241 e. The van der Waals surface area contributed by atoms with Gasteiger partial charge < -0.3 is 4.90 Å². The van der Waals surface area contributed by atoms with Gasteiger partial charge in [-0.05, 0) is 25.1 Å². The molecule has 10 heteroatoms. The summed E-state index contributed by atoms with van der Waals surface area (Å²) < 4.78 is 41.8. The van der Waals surface area contributed by atoms with Gasteiger partial charge in [0.05, 0.1) is 22.8 Å². The molecule has 1 N–H and O–H groups in total. The van der Waals surface area contributed by atoms with E-state index in [-0.39, 0.29) is 10.8 Å². The van der Waals surface area contributed by atoms with Gasteiger partial charge >= 0.3 is 0 Å². The first kappa shape index (κ1) is 18.5. The minimum absolute atomic E-state index is 0.218. The fourth-order valence-corrected chi connectivity index (χ4v) is 4.26. The number of carbonyl (C=O) groups excluding carboxylic acids is 1. The Balaban J connectivity index is 1.46. The van der Waals surface area contributed by atoms with E-state index >= 15 is 0 Å². The van der Waals surface area contributed by atoms with Crippen LogP contribution in [0.5, 0.6) is 0 Å². The summed E-state index contributed by atoms with van der Waals surface area (Å²) in [5, 5.41) is 4.43. The molecular weight excluding hydrogens is 385 g/mol. The maximum atomic E-state index is 13.3. The van der Waals surface area contributed by atoms with Gasteiger partial charge in [-0.1, -0.05) is 6.07 Å². The van der Waals surface area contributed by atoms with Crippen LogP contribution in [0.15, 0.2) is 41.4 Å². The fourth-order valence-electron chi connectivity index (χ4n) is 3.25.